The van der Waals surface area contributed by atoms with E-state index in [4.69, 9.17) is 4.74 Å². The number of nitrogens with one attached hydrogen (secondary N) is 1. The minimum Gasteiger partial charge on any atom is -0.448 e. The third-order valence-corrected chi connectivity index (χ3v) is 11.7. The summed E-state index contributed by atoms with van der Waals surface area (Å²) in [5, 5.41) is 3.04. The second-order valence-electron chi connectivity index (χ2n) is 11.0. The molecule has 7 nitrogen and oxygen atoms in total. The van der Waals surface area contributed by atoms with Crippen LogP contribution in [0.5, 0.6) is 0 Å². The molecule has 0 bridgehead atoms. The predicted molar refractivity (Wildman–Crippen MR) is 187 cm³/mol. The van der Waals surface area contributed by atoms with Gasteiger partial charge in [0.15, 0.2) is 11.5 Å². The molecule has 234 valence electrons. The Bertz CT molecular complexity index is 2010. The van der Waals surface area contributed by atoms with Gasteiger partial charge in [0.1, 0.15) is 17.1 Å². The van der Waals surface area contributed by atoms with E-state index in [0.717, 1.165) is 21.4 Å². The maximum absolute atomic E-state index is 14.3. The quantitative estimate of drug-likeness (QED) is 0.140. The zero-order chi connectivity index (χ0) is 32.3. The number of hydrogen-bond donors (Lipinski definition) is 1. The largest absolute Gasteiger partial charge is 0.448 e. The van der Waals surface area contributed by atoms with E-state index in [1.165, 1.54) is 39.8 Å². The number of amides is 2. The van der Waals surface area contributed by atoms with Gasteiger partial charge in [0.25, 0.3) is 5.91 Å². The van der Waals surface area contributed by atoms with Crippen LogP contribution in [0.1, 0.15) is 22.8 Å². The van der Waals surface area contributed by atoms with E-state index in [1.807, 2.05) is 109 Å². The second-order valence-corrected chi connectivity index (χ2v) is 14.6. The summed E-state index contributed by atoms with van der Waals surface area (Å²) in [5.74, 6) is -0.899. The van der Waals surface area contributed by atoms with Gasteiger partial charge in [-0.05, 0) is 28.8 Å². The SMILES string of the molecule is O=C(Cc1ccccc1)NC1C(=O)N2C(C(=O)OC(c3ccccc3)c3ccccc3)=C(Sc3cc(=O)c4ccccc4s3)CS[C@H]12. The Hall–Kier alpha value is -4.64. The maximum atomic E-state index is 14.3. The predicted octanol–water partition coefficient (Wildman–Crippen LogP) is 6.54. The van der Waals surface area contributed by atoms with Gasteiger partial charge in [-0.25, -0.2) is 4.79 Å². The number of rotatable bonds is 9. The van der Waals surface area contributed by atoms with Gasteiger partial charge in [-0.1, -0.05) is 115 Å². The number of benzene rings is 4. The molecule has 0 saturated carbocycles. The summed E-state index contributed by atoms with van der Waals surface area (Å²) in [6.45, 7) is 0. The molecule has 1 aromatic heterocycles. The van der Waals surface area contributed by atoms with Crippen LogP contribution in [0.25, 0.3) is 10.1 Å². The van der Waals surface area contributed by atoms with Crippen LogP contribution in [0.4, 0.5) is 0 Å². The fraction of sp³-hybridized carbons (Fsp3) is 0.135. The highest BCUT2D eigenvalue weighted by atomic mass is 32.2. The Kier molecular flexibility index (Phi) is 8.97. The molecule has 10 heteroatoms. The average molecular weight is 677 g/mol. The maximum Gasteiger partial charge on any atom is 0.356 e. The van der Waals surface area contributed by atoms with Crippen molar-refractivity contribution in [1.82, 2.24) is 10.2 Å². The molecule has 0 spiro atoms. The van der Waals surface area contributed by atoms with Gasteiger partial charge in [-0.3, -0.25) is 19.3 Å². The summed E-state index contributed by atoms with van der Waals surface area (Å²) in [7, 11) is 0. The zero-order valence-corrected chi connectivity index (χ0v) is 27.4. The van der Waals surface area contributed by atoms with Crippen molar-refractivity contribution in [1.29, 1.82) is 0 Å². The van der Waals surface area contributed by atoms with E-state index >= 15 is 0 Å². The van der Waals surface area contributed by atoms with Crippen LogP contribution in [-0.2, 0) is 25.5 Å². The lowest BCUT2D eigenvalue weighted by molar-refractivity contribution is -0.154. The molecule has 2 aliphatic rings. The first-order chi connectivity index (χ1) is 23.0. The monoisotopic (exact) mass is 676 g/mol. The Morgan fingerprint density at radius 2 is 1.47 bits per heavy atom. The van der Waals surface area contributed by atoms with Crippen molar-refractivity contribution in [3.8, 4) is 0 Å². The fourth-order valence-electron chi connectivity index (χ4n) is 5.67. The molecule has 1 unspecified atom stereocenters. The first-order valence-electron chi connectivity index (χ1n) is 15.0. The van der Waals surface area contributed by atoms with Crippen LogP contribution in [0.3, 0.4) is 0 Å². The molecule has 5 aromatic rings. The molecule has 0 aliphatic carbocycles. The van der Waals surface area contributed by atoms with Crippen LogP contribution >= 0.6 is 34.9 Å². The first-order valence-corrected chi connectivity index (χ1v) is 17.7. The molecule has 2 aliphatic heterocycles. The molecule has 3 heterocycles. The van der Waals surface area contributed by atoms with Gasteiger partial charge in [0.2, 0.25) is 5.91 Å². The van der Waals surface area contributed by atoms with Crippen molar-refractivity contribution < 1.29 is 19.1 Å². The molecule has 4 aromatic carbocycles. The Labute approximate surface area is 283 Å². The number of nitrogens with zero attached hydrogens (tertiary/aromatic N) is 1. The fourth-order valence-corrected chi connectivity index (χ4v) is 9.53. The third-order valence-electron chi connectivity index (χ3n) is 7.92. The summed E-state index contributed by atoms with van der Waals surface area (Å²) in [6, 6.07) is 36.5. The van der Waals surface area contributed by atoms with Crippen LogP contribution in [0.15, 0.2) is 141 Å². The summed E-state index contributed by atoms with van der Waals surface area (Å²) in [6.07, 6.45) is -0.573. The number of carbonyl (C=O) groups excluding carboxylic acids is 3. The lowest BCUT2D eigenvalue weighted by Gasteiger charge is -2.49. The topological polar surface area (TPSA) is 92.8 Å². The number of hydrogen-bond acceptors (Lipinski definition) is 8. The van der Waals surface area contributed by atoms with Crippen molar-refractivity contribution >= 4 is 62.7 Å². The van der Waals surface area contributed by atoms with E-state index in [2.05, 4.69) is 5.32 Å². The highest BCUT2D eigenvalue weighted by Crippen LogP contribution is 2.47. The van der Waals surface area contributed by atoms with E-state index < -0.39 is 23.5 Å². The Morgan fingerprint density at radius 3 is 2.15 bits per heavy atom. The highest BCUT2D eigenvalue weighted by molar-refractivity contribution is 8.07. The number of thioether (sulfide) groups is 2. The van der Waals surface area contributed by atoms with Crippen LogP contribution in [-0.4, -0.2) is 39.9 Å². The van der Waals surface area contributed by atoms with Gasteiger partial charge in [0.05, 0.1) is 10.6 Å². The summed E-state index contributed by atoms with van der Waals surface area (Å²) < 4.78 is 7.80. The smallest absolute Gasteiger partial charge is 0.356 e. The number of carbonyl (C=O) groups is 3. The minimum atomic E-state index is -0.777. The molecule has 1 N–H and O–H groups in total. The van der Waals surface area contributed by atoms with Crippen LogP contribution in [0, 0.1) is 0 Å². The highest BCUT2D eigenvalue weighted by Gasteiger charge is 2.54. The van der Waals surface area contributed by atoms with E-state index in [1.54, 1.807) is 12.1 Å². The third kappa shape index (κ3) is 6.49. The zero-order valence-electron chi connectivity index (χ0n) is 24.9. The molecule has 2 amide bonds. The number of ether oxygens (including phenoxy) is 1. The summed E-state index contributed by atoms with van der Waals surface area (Å²) >= 11 is 4.23. The normalized spacial score (nSPS) is 17.3. The first kappa shape index (κ1) is 31.0. The molecule has 47 heavy (non-hydrogen) atoms. The van der Waals surface area contributed by atoms with Gasteiger partial charge >= 0.3 is 5.97 Å². The van der Waals surface area contributed by atoms with Crippen LogP contribution in [0.2, 0.25) is 0 Å². The van der Waals surface area contributed by atoms with Gasteiger partial charge < -0.3 is 10.1 Å². The van der Waals surface area contributed by atoms with Crippen LogP contribution < -0.4 is 10.7 Å². The Balaban J connectivity index is 1.22. The van der Waals surface area contributed by atoms with Crippen molar-refractivity contribution in [2.45, 2.75) is 28.1 Å². The minimum absolute atomic E-state index is 0.109. The van der Waals surface area contributed by atoms with E-state index in [0.29, 0.717) is 20.3 Å². The molecule has 7 rings (SSSR count). The van der Waals surface area contributed by atoms with Crippen molar-refractivity contribution in [3.05, 3.63) is 159 Å². The number of fused-ring (bicyclic) bond motifs is 2. The van der Waals surface area contributed by atoms with Crippen molar-refractivity contribution in [3.63, 3.8) is 0 Å². The lowest BCUT2D eigenvalue weighted by atomic mass is 10.0. The van der Waals surface area contributed by atoms with Crippen molar-refractivity contribution in [2.24, 2.45) is 0 Å². The van der Waals surface area contributed by atoms with Gasteiger partial charge in [0, 0.05) is 26.8 Å². The summed E-state index contributed by atoms with van der Waals surface area (Å²) in [4.78, 5) is 56.0. The van der Waals surface area contributed by atoms with Gasteiger partial charge in [-0.15, -0.1) is 23.1 Å². The van der Waals surface area contributed by atoms with Gasteiger partial charge in [-0.2, -0.15) is 0 Å². The van der Waals surface area contributed by atoms with E-state index in [-0.39, 0.29) is 29.4 Å². The standard InChI is InChI=1S/C37H28N2O5S3/c40-27-21-31(46-28-19-11-10-18-26(27)28)47-29-22-45-36-32(38-30(41)20-23-12-4-1-5-13-23)35(42)39(36)33(29)37(43)44-34(24-14-6-2-7-15-24)25-16-8-3-9-17-25/h1-19,21,32,34,36H,20,22H2,(H,38,41)/t32?,36-/m1/s1. The molecule has 2 atom stereocenters. The molecule has 1 fully saturated rings. The number of β-lactam (4-membered cyclic amide) rings is 1. The Morgan fingerprint density at radius 1 is 0.851 bits per heavy atom. The molecular weight excluding hydrogens is 649 g/mol. The van der Waals surface area contributed by atoms with Crippen molar-refractivity contribution in [2.75, 3.05) is 5.75 Å². The summed E-state index contributed by atoms with van der Waals surface area (Å²) in [5.41, 5.74) is 2.45. The number of esters is 1. The lowest BCUT2D eigenvalue weighted by Crippen LogP contribution is -2.70. The van der Waals surface area contributed by atoms with E-state index in [9.17, 15) is 19.2 Å². The molecular formula is C37H28N2O5S3. The molecule has 0 radical (unpaired) electrons. The average Bonchev–Trinajstić information content (AvgIpc) is 3.10. The second kappa shape index (κ2) is 13.6. The molecule has 1 saturated heterocycles.